The molecule has 2 rings (SSSR count). The third-order valence-corrected chi connectivity index (χ3v) is 5.00. The van der Waals surface area contributed by atoms with Crippen molar-refractivity contribution in [1.82, 2.24) is 0 Å². The lowest BCUT2D eigenvalue weighted by Crippen LogP contribution is -1.98. The van der Waals surface area contributed by atoms with Crippen molar-refractivity contribution in [3.8, 4) is 0 Å². The second kappa shape index (κ2) is 3.93. The normalized spacial score (nSPS) is 10.7. The van der Waals surface area contributed by atoms with Crippen LogP contribution in [0.1, 0.15) is 10.4 Å². The molecule has 0 saturated heterocycles. The molecule has 0 atom stereocenters. The molecular weight excluding hydrogens is 426 g/mol. The fourth-order valence-electron chi connectivity index (χ4n) is 1.18. The van der Waals surface area contributed by atoms with Gasteiger partial charge in [0.2, 0.25) is 0 Å². The van der Waals surface area contributed by atoms with Gasteiger partial charge in [-0.05, 0) is 57.3 Å². The van der Waals surface area contributed by atoms with Crippen LogP contribution in [0.5, 0.6) is 0 Å². The lowest BCUT2D eigenvalue weighted by Gasteiger charge is -1.99. The number of hydrogen-bond donors (Lipinski definition) is 1. The van der Waals surface area contributed by atoms with Gasteiger partial charge in [0.1, 0.15) is 0 Å². The van der Waals surface area contributed by atoms with E-state index in [4.69, 9.17) is 5.11 Å². The second-order valence-electron chi connectivity index (χ2n) is 2.72. The molecule has 2 nitrogen and oxygen atoms in total. The summed E-state index contributed by atoms with van der Waals surface area (Å²) < 4.78 is 3.05. The topological polar surface area (TPSA) is 37.3 Å². The molecule has 0 spiro atoms. The Labute approximate surface area is 112 Å². The molecule has 1 heterocycles. The van der Waals surface area contributed by atoms with E-state index in [0.29, 0.717) is 5.56 Å². The molecule has 0 radical (unpaired) electrons. The van der Waals surface area contributed by atoms with Gasteiger partial charge in [0, 0.05) is 22.6 Å². The second-order valence-corrected chi connectivity index (χ2v) is 5.95. The highest BCUT2D eigenvalue weighted by molar-refractivity contribution is 14.1. The zero-order chi connectivity index (χ0) is 10.3. The number of aromatic carboxylic acids is 1. The number of carbonyl (C=O) groups is 1. The van der Waals surface area contributed by atoms with Crippen LogP contribution in [0, 0.1) is 7.14 Å². The van der Waals surface area contributed by atoms with Crippen molar-refractivity contribution in [1.29, 1.82) is 0 Å². The van der Waals surface area contributed by atoms with Crippen LogP contribution in [-0.4, -0.2) is 11.1 Å². The lowest BCUT2D eigenvalue weighted by atomic mass is 10.2. The number of thiophene rings is 1. The third kappa shape index (κ3) is 1.76. The van der Waals surface area contributed by atoms with E-state index in [1.807, 2.05) is 11.4 Å². The predicted octanol–water partition coefficient (Wildman–Crippen LogP) is 3.81. The third-order valence-electron chi connectivity index (χ3n) is 1.85. The van der Waals surface area contributed by atoms with E-state index in [1.54, 1.807) is 17.4 Å². The van der Waals surface area contributed by atoms with Gasteiger partial charge in [-0.15, -0.1) is 11.3 Å². The van der Waals surface area contributed by atoms with Gasteiger partial charge in [-0.3, -0.25) is 0 Å². The van der Waals surface area contributed by atoms with Crippen molar-refractivity contribution in [2.75, 3.05) is 0 Å². The van der Waals surface area contributed by atoms with Crippen LogP contribution in [0.3, 0.4) is 0 Å². The van der Waals surface area contributed by atoms with E-state index in [-0.39, 0.29) is 0 Å². The molecule has 0 unspecified atom stereocenters. The molecule has 0 saturated carbocycles. The molecule has 2 aromatic rings. The summed E-state index contributed by atoms with van der Waals surface area (Å²) in [6, 6.07) is 3.67. The van der Waals surface area contributed by atoms with Gasteiger partial charge in [-0.2, -0.15) is 0 Å². The molecule has 1 aromatic carbocycles. The summed E-state index contributed by atoms with van der Waals surface area (Å²) >= 11 is 5.92. The van der Waals surface area contributed by atoms with Gasteiger partial charge in [0.25, 0.3) is 0 Å². The fraction of sp³-hybridized carbons (Fsp3) is 0. The Hall–Kier alpha value is 0.110. The highest BCUT2D eigenvalue weighted by Crippen LogP contribution is 2.30. The maximum Gasteiger partial charge on any atom is 0.336 e. The molecule has 5 heteroatoms. The number of rotatable bonds is 1. The number of fused-ring (bicyclic) bond motifs is 1. The number of benzene rings is 1. The molecule has 0 amide bonds. The van der Waals surface area contributed by atoms with Crippen LogP contribution in [0.4, 0.5) is 0 Å². The van der Waals surface area contributed by atoms with Gasteiger partial charge in [-0.25, -0.2) is 4.79 Å². The molecule has 14 heavy (non-hydrogen) atoms. The highest BCUT2D eigenvalue weighted by atomic mass is 127. The zero-order valence-corrected chi connectivity index (χ0v) is 11.9. The zero-order valence-electron chi connectivity index (χ0n) is 6.75. The molecule has 0 aliphatic carbocycles. The van der Waals surface area contributed by atoms with Crippen LogP contribution in [0.2, 0.25) is 0 Å². The lowest BCUT2D eigenvalue weighted by molar-refractivity contribution is 0.0696. The summed E-state index contributed by atoms with van der Waals surface area (Å²) in [6.45, 7) is 0. The minimum absolute atomic E-state index is 0.384. The Morgan fingerprint density at radius 1 is 1.29 bits per heavy atom. The smallest absolute Gasteiger partial charge is 0.336 e. The van der Waals surface area contributed by atoms with Crippen molar-refractivity contribution < 1.29 is 9.90 Å². The molecule has 72 valence electrons. The van der Waals surface area contributed by atoms with Gasteiger partial charge < -0.3 is 5.11 Å². The Morgan fingerprint density at radius 3 is 2.64 bits per heavy atom. The van der Waals surface area contributed by atoms with Crippen LogP contribution in [0.25, 0.3) is 10.1 Å². The average molecular weight is 430 g/mol. The summed E-state index contributed by atoms with van der Waals surface area (Å²) in [5, 5.41) is 12.0. The average Bonchev–Trinajstić information content (AvgIpc) is 2.46. The van der Waals surface area contributed by atoms with Crippen molar-refractivity contribution in [3.05, 3.63) is 30.2 Å². The summed E-state index contributed by atoms with van der Waals surface area (Å²) in [6.07, 6.45) is 0. The van der Waals surface area contributed by atoms with E-state index in [0.717, 1.165) is 17.2 Å². The standard InChI is InChI=1S/C9H4I2O2S/c10-6-2-8-4(7(11)3-14-8)1-5(6)9(12)13/h1-3H,(H,12,13). The van der Waals surface area contributed by atoms with Crippen molar-refractivity contribution >= 4 is 72.6 Å². The molecule has 0 fully saturated rings. The van der Waals surface area contributed by atoms with Crippen molar-refractivity contribution in [3.63, 3.8) is 0 Å². The summed E-state index contributed by atoms with van der Waals surface area (Å²) in [4.78, 5) is 10.9. The number of halogens is 2. The molecule has 1 aromatic heterocycles. The number of hydrogen-bond acceptors (Lipinski definition) is 2. The predicted molar refractivity (Wildman–Crippen MR) is 74.2 cm³/mol. The van der Waals surface area contributed by atoms with Gasteiger partial charge in [0.15, 0.2) is 0 Å². The first-order chi connectivity index (χ1) is 6.59. The Bertz CT molecular complexity index is 519. The van der Waals surface area contributed by atoms with Crippen molar-refractivity contribution in [2.45, 2.75) is 0 Å². The van der Waals surface area contributed by atoms with Gasteiger partial charge in [-0.1, -0.05) is 0 Å². The van der Waals surface area contributed by atoms with Gasteiger partial charge in [0.05, 0.1) is 5.56 Å². The molecule has 1 N–H and O–H groups in total. The number of carboxylic acids is 1. The summed E-state index contributed by atoms with van der Waals surface area (Å²) in [7, 11) is 0. The minimum Gasteiger partial charge on any atom is -0.478 e. The van der Waals surface area contributed by atoms with Crippen LogP contribution in [-0.2, 0) is 0 Å². The largest absolute Gasteiger partial charge is 0.478 e. The molecule has 0 aliphatic heterocycles. The Balaban J connectivity index is 2.80. The first kappa shape index (κ1) is 10.6. The maximum atomic E-state index is 10.9. The van der Waals surface area contributed by atoms with Crippen LogP contribution < -0.4 is 0 Å². The minimum atomic E-state index is -0.863. The first-order valence-corrected chi connectivity index (χ1v) is 6.73. The maximum absolute atomic E-state index is 10.9. The van der Waals surface area contributed by atoms with Crippen molar-refractivity contribution in [2.24, 2.45) is 0 Å². The van der Waals surface area contributed by atoms with Gasteiger partial charge >= 0.3 is 5.97 Å². The van der Waals surface area contributed by atoms with E-state index in [9.17, 15) is 4.79 Å². The monoisotopic (exact) mass is 430 g/mol. The Kier molecular flexibility index (Phi) is 2.98. The quantitative estimate of drug-likeness (QED) is 0.700. The Morgan fingerprint density at radius 2 is 2.00 bits per heavy atom. The van der Waals surface area contributed by atoms with E-state index < -0.39 is 5.97 Å². The van der Waals surface area contributed by atoms with E-state index >= 15 is 0 Å². The SMILES string of the molecule is O=C(O)c1cc2c(I)csc2cc1I. The number of carboxylic acid groups (broad SMARTS) is 1. The molecular formula is C9H4I2O2S. The van der Waals surface area contributed by atoms with Crippen LogP contribution >= 0.6 is 56.5 Å². The highest BCUT2D eigenvalue weighted by Gasteiger charge is 2.11. The van der Waals surface area contributed by atoms with E-state index in [1.165, 1.54) is 0 Å². The molecule has 0 bridgehead atoms. The summed E-state index contributed by atoms with van der Waals surface area (Å²) in [5.41, 5.74) is 0.384. The van der Waals surface area contributed by atoms with E-state index in [2.05, 4.69) is 45.2 Å². The molecule has 0 aliphatic rings. The fourth-order valence-corrected chi connectivity index (χ4v) is 3.94. The summed E-state index contributed by atoms with van der Waals surface area (Å²) in [5.74, 6) is -0.863. The van der Waals surface area contributed by atoms with Crippen LogP contribution in [0.15, 0.2) is 17.5 Å². The first-order valence-electron chi connectivity index (χ1n) is 3.69.